The number of ether oxygens (including phenoxy) is 2. The van der Waals surface area contributed by atoms with E-state index >= 15 is 0 Å². The van der Waals surface area contributed by atoms with Crippen molar-refractivity contribution in [1.29, 1.82) is 0 Å². The van der Waals surface area contributed by atoms with Gasteiger partial charge in [0.1, 0.15) is 11.5 Å². The molecule has 0 N–H and O–H groups in total. The van der Waals surface area contributed by atoms with Gasteiger partial charge in [-0.05, 0) is 12.1 Å². The van der Waals surface area contributed by atoms with Crippen LogP contribution in [0, 0.1) is 0 Å². The molecule has 0 atom stereocenters. The number of benzene rings is 1. The normalized spacial score (nSPS) is 15.6. The van der Waals surface area contributed by atoms with Crippen LogP contribution in [0.2, 0.25) is 0 Å². The molecule has 5 nitrogen and oxygen atoms in total. The molecule has 19 heavy (non-hydrogen) atoms. The minimum atomic E-state index is 0.0115. The maximum absolute atomic E-state index is 11.8. The number of hydrogen-bond acceptors (Lipinski definition) is 4. The molecular weight excluding hydrogens is 246 g/mol. The second-order valence-corrected chi connectivity index (χ2v) is 4.47. The molecule has 0 bridgehead atoms. The quantitative estimate of drug-likeness (QED) is 0.824. The zero-order valence-electron chi connectivity index (χ0n) is 11.1. The van der Waals surface area contributed by atoms with Crippen LogP contribution in [0.1, 0.15) is 18.4 Å². The summed E-state index contributed by atoms with van der Waals surface area (Å²) in [6, 6.07) is 5.43. The van der Waals surface area contributed by atoms with Gasteiger partial charge >= 0.3 is 0 Å². The van der Waals surface area contributed by atoms with Crippen LogP contribution >= 0.6 is 0 Å². The molecule has 0 aliphatic carbocycles. The fourth-order valence-electron chi connectivity index (χ4n) is 2.12. The van der Waals surface area contributed by atoms with E-state index in [0.717, 1.165) is 5.56 Å². The lowest BCUT2D eigenvalue weighted by atomic mass is 10.1. The summed E-state index contributed by atoms with van der Waals surface area (Å²) in [5, 5.41) is 0. The Labute approximate surface area is 112 Å². The van der Waals surface area contributed by atoms with Crippen LogP contribution in [0.15, 0.2) is 18.2 Å². The number of ketones is 1. The number of methoxy groups -OCH3 is 2. The number of nitrogens with zero attached hydrogens (tertiary/aromatic N) is 1. The van der Waals surface area contributed by atoms with E-state index in [4.69, 9.17) is 9.47 Å². The summed E-state index contributed by atoms with van der Waals surface area (Å²) in [5.74, 6) is 1.47. The first kappa shape index (κ1) is 13.4. The third kappa shape index (κ3) is 3.05. The summed E-state index contributed by atoms with van der Waals surface area (Å²) in [6.07, 6.45) is 0.659. The van der Waals surface area contributed by atoms with E-state index in [1.54, 1.807) is 25.2 Å². The van der Waals surface area contributed by atoms with E-state index < -0.39 is 0 Å². The Morgan fingerprint density at radius 3 is 2.63 bits per heavy atom. The minimum Gasteiger partial charge on any atom is -0.497 e. The lowest BCUT2D eigenvalue weighted by Crippen LogP contribution is -2.39. The molecule has 1 saturated heterocycles. The van der Waals surface area contributed by atoms with Crippen LogP contribution in [0.25, 0.3) is 0 Å². The Hall–Kier alpha value is -2.04. The summed E-state index contributed by atoms with van der Waals surface area (Å²) in [6.45, 7) is 0.575. The summed E-state index contributed by atoms with van der Waals surface area (Å²) in [4.78, 5) is 24.8. The highest BCUT2D eigenvalue weighted by molar-refractivity contribution is 5.92. The Balaban J connectivity index is 2.17. The molecule has 1 heterocycles. The van der Waals surface area contributed by atoms with Crippen LogP contribution < -0.4 is 9.47 Å². The fourth-order valence-corrected chi connectivity index (χ4v) is 2.12. The first-order chi connectivity index (χ1) is 9.13. The lowest BCUT2D eigenvalue weighted by molar-refractivity contribution is -0.140. The molecular formula is C14H17NO4. The third-order valence-electron chi connectivity index (χ3n) is 3.19. The van der Waals surface area contributed by atoms with E-state index in [-0.39, 0.29) is 18.2 Å². The largest absolute Gasteiger partial charge is 0.497 e. The van der Waals surface area contributed by atoms with Gasteiger partial charge in [-0.2, -0.15) is 0 Å². The second-order valence-electron chi connectivity index (χ2n) is 4.47. The van der Waals surface area contributed by atoms with Crippen molar-refractivity contribution in [3.63, 3.8) is 0 Å². The van der Waals surface area contributed by atoms with E-state index in [1.807, 2.05) is 12.1 Å². The topological polar surface area (TPSA) is 55.8 Å². The van der Waals surface area contributed by atoms with Gasteiger partial charge in [0.05, 0.1) is 20.8 Å². The Bertz CT molecular complexity index is 498. The van der Waals surface area contributed by atoms with Crippen molar-refractivity contribution in [2.45, 2.75) is 19.4 Å². The maximum atomic E-state index is 11.8. The van der Waals surface area contributed by atoms with E-state index in [2.05, 4.69) is 0 Å². The van der Waals surface area contributed by atoms with E-state index in [1.165, 1.54) is 0 Å². The van der Waals surface area contributed by atoms with Crippen molar-refractivity contribution < 1.29 is 19.1 Å². The molecule has 0 saturated carbocycles. The van der Waals surface area contributed by atoms with Gasteiger partial charge in [-0.3, -0.25) is 9.59 Å². The molecule has 0 aromatic heterocycles. The molecule has 1 fully saturated rings. The average Bonchev–Trinajstić information content (AvgIpc) is 2.43. The summed E-state index contributed by atoms with van der Waals surface area (Å²) in [7, 11) is 3.16. The number of hydrogen-bond donors (Lipinski definition) is 0. The van der Waals surface area contributed by atoms with Gasteiger partial charge in [-0.1, -0.05) is 0 Å². The van der Waals surface area contributed by atoms with Crippen molar-refractivity contribution in [2.24, 2.45) is 0 Å². The predicted octanol–water partition coefficient (Wildman–Crippen LogP) is 1.40. The van der Waals surface area contributed by atoms with E-state index in [0.29, 0.717) is 30.9 Å². The van der Waals surface area contributed by atoms with Gasteiger partial charge in [-0.25, -0.2) is 0 Å². The molecule has 1 aliphatic heterocycles. The number of Topliss-reactive ketones (excluding diaryl/α,β-unsaturated/α-hetero) is 1. The molecule has 1 amide bonds. The van der Waals surface area contributed by atoms with Crippen molar-refractivity contribution >= 4 is 11.7 Å². The number of carbonyl (C=O) groups is 2. The zero-order valence-corrected chi connectivity index (χ0v) is 11.1. The average molecular weight is 263 g/mol. The van der Waals surface area contributed by atoms with Gasteiger partial charge in [0.15, 0.2) is 5.78 Å². The number of rotatable bonds is 4. The summed E-state index contributed by atoms with van der Waals surface area (Å²) in [5.41, 5.74) is 0.867. The highest BCUT2D eigenvalue weighted by Crippen LogP contribution is 2.26. The number of carbonyl (C=O) groups excluding carboxylic acids is 2. The first-order valence-corrected chi connectivity index (χ1v) is 6.14. The van der Waals surface area contributed by atoms with Crippen molar-refractivity contribution in [3.05, 3.63) is 23.8 Å². The fraction of sp³-hybridized carbons (Fsp3) is 0.429. The molecule has 1 aromatic carbocycles. The van der Waals surface area contributed by atoms with Gasteiger partial charge in [0.2, 0.25) is 5.91 Å². The molecule has 102 valence electrons. The van der Waals surface area contributed by atoms with Gasteiger partial charge < -0.3 is 14.4 Å². The van der Waals surface area contributed by atoms with Crippen LogP contribution in [-0.2, 0) is 16.1 Å². The first-order valence-electron chi connectivity index (χ1n) is 6.14. The highest BCUT2D eigenvalue weighted by Gasteiger charge is 2.24. The van der Waals surface area contributed by atoms with Crippen molar-refractivity contribution in [3.8, 4) is 11.5 Å². The van der Waals surface area contributed by atoms with Gasteiger partial charge in [0.25, 0.3) is 0 Å². The maximum Gasteiger partial charge on any atom is 0.223 e. The second kappa shape index (κ2) is 5.73. The van der Waals surface area contributed by atoms with Gasteiger partial charge in [0, 0.05) is 31.0 Å². The Morgan fingerprint density at radius 2 is 1.95 bits per heavy atom. The smallest absolute Gasteiger partial charge is 0.223 e. The molecule has 5 heteroatoms. The monoisotopic (exact) mass is 263 g/mol. The Kier molecular flexibility index (Phi) is 4.04. The number of piperidine rings is 1. The predicted molar refractivity (Wildman–Crippen MR) is 69.2 cm³/mol. The molecule has 1 aliphatic rings. The van der Waals surface area contributed by atoms with Gasteiger partial charge in [-0.15, -0.1) is 0 Å². The number of likely N-dealkylation sites (tertiary alicyclic amines) is 1. The lowest BCUT2D eigenvalue weighted by Gasteiger charge is -2.26. The summed E-state index contributed by atoms with van der Waals surface area (Å²) >= 11 is 0. The van der Waals surface area contributed by atoms with Crippen LogP contribution in [0.3, 0.4) is 0 Å². The third-order valence-corrected chi connectivity index (χ3v) is 3.19. The van der Waals surface area contributed by atoms with Crippen molar-refractivity contribution in [2.75, 3.05) is 20.8 Å². The zero-order chi connectivity index (χ0) is 13.8. The van der Waals surface area contributed by atoms with Crippen LogP contribution in [-0.4, -0.2) is 37.4 Å². The minimum absolute atomic E-state index is 0.0115. The van der Waals surface area contributed by atoms with Crippen LogP contribution in [0.4, 0.5) is 0 Å². The molecule has 0 spiro atoms. The highest BCUT2D eigenvalue weighted by atomic mass is 16.5. The standard InChI is InChI=1S/C14H17NO4/c1-18-12-5-3-10(13(7-12)19-2)8-15-9-11(16)4-6-14(15)17/h3,5,7H,4,6,8-9H2,1-2H3. The van der Waals surface area contributed by atoms with Crippen molar-refractivity contribution in [1.82, 2.24) is 4.90 Å². The molecule has 2 rings (SSSR count). The SMILES string of the molecule is COc1ccc(CN2CC(=O)CCC2=O)c(OC)c1. The Morgan fingerprint density at radius 1 is 1.16 bits per heavy atom. The number of amides is 1. The van der Waals surface area contributed by atoms with E-state index in [9.17, 15) is 9.59 Å². The molecule has 1 aromatic rings. The van der Waals surface area contributed by atoms with Crippen LogP contribution in [0.5, 0.6) is 11.5 Å². The molecule has 0 unspecified atom stereocenters. The summed E-state index contributed by atoms with van der Waals surface area (Å²) < 4.78 is 10.4. The molecule has 0 radical (unpaired) electrons.